The van der Waals surface area contributed by atoms with E-state index in [1.54, 1.807) is 0 Å². The first kappa shape index (κ1) is 13.1. The molecule has 3 nitrogen and oxygen atoms in total. The molecule has 2 rings (SSSR count). The number of carboxylic acids is 1. The van der Waals surface area contributed by atoms with Crippen LogP contribution in [0.1, 0.15) is 36.8 Å². The number of hydrogen-bond acceptors (Lipinski definition) is 2. The number of hydrogen-bond donors (Lipinski definition) is 1. The summed E-state index contributed by atoms with van der Waals surface area (Å²) in [5.41, 5.74) is 2.45. The predicted octanol–water partition coefficient (Wildman–Crippen LogP) is 2.54. The van der Waals surface area contributed by atoms with Crippen molar-refractivity contribution in [3.05, 3.63) is 35.4 Å². The topological polar surface area (TPSA) is 40.5 Å². The maximum Gasteiger partial charge on any atom is 0.308 e. The van der Waals surface area contributed by atoms with Crippen LogP contribution in [0.5, 0.6) is 0 Å². The van der Waals surface area contributed by atoms with Crippen LogP contribution in [0.2, 0.25) is 0 Å². The van der Waals surface area contributed by atoms with Crippen molar-refractivity contribution in [3.63, 3.8) is 0 Å². The Bertz CT molecular complexity index is 425. The van der Waals surface area contributed by atoms with Gasteiger partial charge in [0.25, 0.3) is 0 Å². The van der Waals surface area contributed by atoms with Crippen LogP contribution >= 0.6 is 0 Å². The van der Waals surface area contributed by atoms with Crippen LogP contribution in [-0.4, -0.2) is 36.1 Å². The number of benzene rings is 1. The summed E-state index contributed by atoms with van der Waals surface area (Å²) in [5.74, 6) is -0.327. The van der Waals surface area contributed by atoms with Gasteiger partial charge in [0.1, 0.15) is 0 Å². The summed E-state index contributed by atoms with van der Waals surface area (Å²) in [6, 6.07) is 8.43. The van der Waals surface area contributed by atoms with Crippen LogP contribution in [0.25, 0.3) is 0 Å². The third-order valence-corrected chi connectivity index (χ3v) is 3.85. The molecule has 1 aromatic rings. The Morgan fingerprint density at radius 2 is 1.89 bits per heavy atom. The van der Waals surface area contributed by atoms with Crippen molar-refractivity contribution in [2.75, 3.05) is 20.1 Å². The Labute approximate surface area is 108 Å². The SMILES string of the molecule is CC(C)c1ccc([C@@H]2CN(C)C[C@H]2C(=O)O)cc1. The Hall–Kier alpha value is -1.35. The molecule has 1 heterocycles. The van der Waals surface area contributed by atoms with Gasteiger partial charge in [-0.25, -0.2) is 0 Å². The molecule has 0 aliphatic carbocycles. The van der Waals surface area contributed by atoms with E-state index in [1.807, 2.05) is 7.05 Å². The molecule has 0 radical (unpaired) electrons. The first-order valence-electron chi connectivity index (χ1n) is 6.50. The van der Waals surface area contributed by atoms with Crippen LogP contribution in [0.3, 0.4) is 0 Å². The van der Waals surface area contributed by atoms with Gasteiger partial charge in [-0.2, -0.15) is 0 Å². The maximum atomic E-state index is 11.3. The average Bonchev–Trinajstić information content (AvgIpc) is 2.71. The van der Waals surface area contributed by atoms with E-state index in [0.717, 1.165) is 12.1 Å². The minimum Gasteiger partial charge on any atom is -0.481 e. The molecule has 2 atom stereocenters. The zero-order chi connectivity index (χ0) is 13.3. The highest BCUT2D eigenvalue weighted by molar-refractivity contribution is 5.72. The highest BCUT2D eigenvalue weighted by Gasteiger charge is 2.36. The molecule has 1 fully saturated rings. The van der Waals surface area contributed by atoms with E-state index < -0.39 is 5.97 Å². The third-order valence-electron chi connectivity index (χ3n) is 3.85. The summed E-state index contributed by atoms with van der Waals surface area (Å²) in [6.07, 6.45) is 0. The van der Waals surface area contributed by atoms with Crippen LogP contribution in [0.4, 0.5) is 0 Å². The summed E-state index contributed by atoms with van der Waals surface area (Å²) in [6.45, 7) is 5.81. The largest absolute Gasteiger partial charge is 0.481 e. The Morgan fingerprint density at radius 1 is 1.28 bits per heavy atom. The normalized spacial score (nSPS) is 24.7. The second-order valence-electron chi connectivity index (χ2n) is 5.59. The van der Waals surface area contributed by atoms with E-state index in [-0.39, 0.29) is 11.8 Å². The van der Waals surface area contributed by atoms with Gasteiger partial charge in [-0.15, -0.1) is 0 Å². The van der Waals surface area contributed by atoms with Crippen molar-refractivity contribution >= 4 is 5.97 Å². The predicted molar refractivity (Wildman–Crippen MR) is 71.9 cm³/mol. The zero-order valence-electron chi connectivity index (χ0n) is 11.3. The molecule has 0 aromatic heterocycles. The van der Waals surface area contributed by atoms with E-state index in [1.165, 1.54) is 5.56 Å². The number of likely N-dealkylation sites (tertiary alicyclic amines) is 1. The monoisotopic (exact) mass is 247 g/mol. The lowest BCUT2D eigenvalue weighted by molar-refractivity contribution is -0.141. The average molecular weight is 247 g/mol. The molecule has 0 bridgehead atoms. The van der Waals surface area contributed by atoms with Gasteiger partial charge in [-0.1, -0.05) is 38.1 Å². The minimum atomic E-state index is -0.683. The minimum absolute atomic E-state index is 0.119. The molecule has 1 N–H and O–H groups in total. The van der Waals surface area contributed by atoms with Gasteiger partial charge >= 0.3 is 5.97 Å². The van der Waals surface area contributed by atoms with Crippen molar-refractivity contribution in [2.45, 2.75) is 25.7 Å². The van der Waals surface area contributed by atoms with Crippen LogP contribution < -0.4 is 0 Å². The number of likely N-dealkylation sites (N-methyl/N-ethyl adjacent to an activating group) is 1. The smallest absolute Gasteiger partial charge is 0.308 e. The van der Waals surface area contributed by atoms with Gasteiger partial charge in [-0.3, -0.25) is 4.79 Å². The molecule has 1 aromatic carbocycles. The van der Waals surface area contributed by atoms with Crippen molar-refractivity contribution in [1.29, 1.82) is 0 Å². The second-order valence-corrected chi connectivity index (χ2v) is 5.59. The number of aliphatic carboxylic acids is 1. The van der Waals surface area contributed by atoms with E-state index in [4.69, 9.17) is 0 Å². The van der Waals surface area contributed by atoms with Crippen LogP contribution in [0, 0.1) is 5.92 Å². The molecule has 0 saturated carbocycles. The zero-order valence-corrected chi connectivity index (χ0v) is 11.3. The fourth-order valence-electron chi connectivity index (χ4n) is 2.72. The van der Waals surface area contributed by atoms with E-state index in [9.17, 15) is 9.90 Å². The highest BCUT2D eigenvalue weighted by Crippen LogP contribution is 2.32. The van der Waals surface area contributed by atoms with Crippen LogP contribution in [-0.2, 0) is 4.79 Å². The summed E-state index contributed by atoms with van der Waals surface area (Å²) < 4.78 is 0. The molecule has 3 heteroatoms. The third kappa shape index (κ3) is 2.56. The Morgan fingerprint density at radius 3 is 2.39 bits per heavy atom. The van der Waals surface area contributed by atoms with Gasteiger partial charge < -0.3 is 10.0 Å². The maximum absolute atomic E-state index is 11.3. The molecule has 0 amide bonds. The van der Waals surface area contributed by atoms with Gasteiger partial charge in [0.05, 0.1) is 5.92 Å². The molecule has 0 unspecified atom stereocenters. The molecular formula is C15H21NO2. The van der Waals surface area contributed by atoms with Gasteiger partial charge in [0.2, 0.25) is 0 Å². The fraction of sp³-hybridized carbons (Fsp3) is 0.533. The van der Waals surface area contributed by atoms with Crippen molar-refractivity contribution in [1.82, 2.24) is 4.90 Å². The molecule has 18 heavy (non-hydrogen) atoms. The van der Waals surface area contributed by atoms with Gasteiger partial charge in [-0.05, 0) is 24.1 Å². The lowest BCUT2D eigenvalue weighted by Gasteiger charge is -2.16. The summed E-state index contributed by atoms with van der Waals surface area (Å²) >= 11 is 0. The number of carboxylic acid groups (broad SMARTS) is 1. The second kappa shape index (κ2) is 5.11. The van der Waals surface area contributed by atoms with E-state index in [2.05, 4.69) is 43.0 Å². The van der Waals surface area contributed by atoms with Gasteiger partial charge in [0.15, 0.2) is 0 Å². The molecule has 98 valence electrons. The van der Waals surface area contributed by atoms with Crippen molar-refractivity contribution in [2.24, 2.45) is 5.92 Å². The van der Waals surface area contributed by atoms with Crippen molar-refractivity contribution < 1.29 is 9.90 Å². The Balaban J connectivity index is 2.22. The lowest BCUT2D eigenvalue weighted by Crippen LogP contribution is -2.21. The van der Waals surface area contributed by atoms with Crippen LogP contribution in [0.15, 0.2) is 24.3 Å². The lowest BCUT2D eigenvalue weighted by atomic mass is 9.88. The summed E-state index contributed by atoms with van der Waals surface area (Å²) in [4.78, 5) is 13.4. The number of nitrogens with zero attached hydrogens (tertiary/aromatic N) is 1. The molecule has 0 spiro atoms. The van der Waals surface area contributed by atoms with E-state index in [0.29, 0.717) is 12.5 Å². The summed E-state index contributed by atoms with van der Waals surface area (Å²) in [7, 11) is 1.98. The Kier molecular flexibility index (Phi) is 3.71. The summed E-state index contributed by atoms with van der Waals surface area (Å²) in [5, 5.41) is 9.28. The molecule has 1 saturated heterocycles. The first-order chi connectivity index (χ1) is 8.49. The first-order valence-corrected chi connectivity index (χ1v) is 6.50. The molecule has 1 aliphatic rings. The fourth-order valence-corrected chi connectivity index (χ4v) is 2.72. The molecular weight excluding hydrogens is 226 g/mol. The highest BCUT2D eigenvalue weighted by atomic mass is 16.4. The number of rotatable bonds is 3. The van der Waals surface area contributed by atoms with E-state index >= 15 is 0 Å². The standard InChI is InChI=1S/C15H21NO2/c1-10(2)11-4-6-12(7-5-11)13-8-16(3)9-14(13)15(17)18/h4-7,10,13-14H,8-9H2,1-3H3,(H,17,18)/t13-,14+/m0/s1. The number of carbonyl (C=O) groups is 1. The van der Waals surface area contributed by atoms with Crippen molar-refractivity contribution in [3.8, 4) is 0 Å². The van der Waals surface area contributed by atoms with Gasteiger partial charge in [0, 0.05) is 19.0 Å². The molecule has 1 aliphatic heterocycles. The quantitative estimate of drug-likeness (QED) is 0.892.